The van der Waals surface area contributed by atoms with Crippen molar-refractivity contribution >= 4 is 22.9 Å². The topological polar surface area (TPSA) is 156 Å². The van der Waals surface area contributed by atoms with Crippen molar-refractivity contribution in [3.8, 4) is 17.2 Å². The van der Waals surface area contributed by atoms with Crippen LogP contribution in [-0.2, 0) is 13.1 Å². The zero-order valence-corrected chi connectivity index (χ0v) is 17.7. The Hall–Kier alpha value is -3.34. The number of nitrogens with two attached hydrogens (primary N) is 1. The molecule has 0 amide bonds. The Labute approximate surface area is 179 Å². The maximum absolute atomic E-state index is 10.3. The molecule has 2 heterocycles. The third-order valence-corrected chi connectivity index (χ3v) is 5.63. The van der Waals surface area contributed by atoms with Crippen LogP contribution in [-0.4, -0.2) is 54.4 Å². The van der Waals surface area contributed by atoms with E-state index in [0.29, 0.717) is 35.0 Å². The molecule has 0 unspecified atom stereocenters. The first-order valence-electron chi connectivity index (χ1n) is 10.4. The van der Waals surface area contributed by atoms with Gasteiger partial charge in [-0.05, 0) is 44.7 Å². The molecule has 1 aromatic carbocycles. The van der Waals surface area contributed by atoms with Crippen LogP contribution < -0.4 is 21.1 Å². The smallest absolute Gasteiger partial charge is 0.227 e. The third-order valence-electron chi connectivity index (χ3n) is 5.63. The van der Waals surface area contributed by atoms with Crippen molar-refractivity contribution in [1.82, 2.24) is 25.0 Å². The second kappa shape index (κ2) is 8.80. The summed E-state index contributed by atoms with van der Waals surface area (Å²) in [5.41, 5.74) is 7.66. The average molecular weight is 428 g/mol. The molecule has 1 fully saturated rings. The summed E-state index contributed by atoms with van der Waals surface area (Å²) < 4.78 is 6.73. The molecule has 0 atom stereocenters. The fourth-order valence-electron chi connectivity index (χ4n) is 3.79. The highest BCUT2D eigenvalue weighted by Gasteiger charge is 2.21. The minimum atomic E-state index is -0.301. The molecule has 0 spiro atoms. The number of ether oxygens (including phenoxy) is 1. The summed E-state index contributed by atoms with van der Waals surface area (Å²) in [6.45, 7) is 2.81. The van der Waals surface area contributed by atoms with Crippen molar-refractivity contribution < 1.29 is 14.9 Å². The Balaban J connectivity index is 1.60. The van der Waals surface area contributed by atoms with Gasteiger partial charge in [0, 0.05) is 30.7 Å². The Morgan fingerprint density at radius 1 is 1.16 bits per heavy atom. The number of aromatic hydroxyl groups is 2. The average Bonchev–Trinajstić information content (AvgIpc) is 3.19. The van der Waals surface area contributed by atoms with Crippen molar-refractivity contribution in [3.63, 3.8) is 0 Å². The van der Waals surface area contributed by atoms with Crippen molar-refractivity contribution in [1.29, 1.82) is 0 Å². The minimum absolute atomic E-state index is 0.204. The van der Waals surface area contributed by atoms with Gasteiger partial charge in [-0.3, -0.25) is 0 Å². The van der Waals surface area contributed by atoms with Crippen LogP contribution in [0.4, 0.5) is 11.8 Å². The molecule has 166 valence electrons. The highest BCUT2D eigenvalue weighted by atomic mass is 16.5. The van der Waals surface area contributed by atoms with Gasteiger partial charge in [-0.25, -0.2) is 4.68 Å². The van der Waals surface area contributed by atoms with Gasteiger partial charge in [-0.1, -0.05) is 5.21 Å². The molecule has 0 bridgehead atoms. The number of rotatable bonds is 7. The molecular formula is C20H28N8O3. The molecule has 11 heteroatoms. The van der Waals surface area contributed by atoms with E-state index in [0.717, 1.165) is 25.7 Å². The van der Waals surface area contributed by atoms with Gasteiger partial charge < -0.3 is 31.3 Å². The Kier molecular flexibility index (Phi) is 5.94. The number of methoxy groups -OCH3 is 1. The summed E-state index contributed by atoms with van der Waals surface area (Å²) >= 11 is 0. The van der Waals surface area contributed by atoms with Crippen LogP contribution in [0.1, 0.15) is 38.2 Å². The zero-order chi connectivity index (χ0) is 22.0. The number of aromatic nitrogens is 5. The highest BCUT2D eigenvalue weighted by Crippen LogP contribution is 2.38. The van der Waals surface area contributed by atoms with Crippen LogP contribution in [0, 0.1) is 0 Å². The normalized spacial score (nSPS) is 18.8. The Morgan fingerprint density at radius 2 is 1.94 bits per heavy atom. The standard InChI is InChI=1S/C20H28N8O3/c1-3-28-19-15(26-27-28)18(22-10-11-4-9-14(31-2)17(30)16(11)29)24-20(25-19)23-13-7-5-12(21)6-8-13/h4,9,12-13,29-30H,3,5-8,10,21H2,1-2H3,(H2,22,23,24,25). The number of phenols is 2. The Morgan fingerprint density at radius 3 is 2.65 bits per heavy atom. The van der Waals surface area contributed by atoms with E-state index in [9.17, 15) is 10.2 Å². The van der Waals surface area contributed by atoms with Gasteiger partial charge >= 0.3 is 0 Å². The monoisotopic (exact) mass is 428 g/mol. The van der Waals surface area contributed by atoms with E-state index >= 15 is 0 Å². The lowest BCUT2D eigenvalue weighted by Crippen LogP contribution is -2.33. The molecule has 3 aromatic rings. The first kappa shape index (κ1) is 20.9. The highest BCUT2D eigenvalue weighted by molar-refractivity contribution is 5.83. The third kappa shape index (κ3) is 4.26. The van der Waals surface area contributed by atoms with E-state index in [1.807, 2.05) is 6.92 Å². The van der Waals surface area contributed by atoms with E-state index in [2.05, 4.69) is 30.9 Å². The van der Waals surface area contributed by atoms with Gasteiger partial charge in [0.1, 0.15) is 0 Å². The fourth-order valence-corrected chi connectivity index (χ4v) is 3.79. The first-order chi connectivity index (χ1) is 15.0. The maximum atomic E-state index is 10.3. The largest absolute Gasteiger partial charge is 0.504 e. The lowest BCUT2D eigenvalue weighted by atomic mass is 9.92. The summed E-state index contributed by atoms with van der Waals surface area (Å²) in [5, 5.41) is 35.3. The van der Waals surface area contributed by atoms with Gasteiger partial charge in [-0.15, -0.1) is 5.10 Å². The van der Waals surface area contributed by atoms with E-state index in [-0.39, 0.29) is 35.9 Å². The van der Waals surface area contributed by atoms with E-state index in [1.54, 1.807) is 16.8 Å². The number of aryl methyl sites for hydroxylation is 1. The number of hydrogen-bond donors (Lipinski definition) is 5. The van der Waals surface area contributed by atoms with E-state index < -0.39 is 0 Å². The molecule has 1 aliphatic rings. The maximum Gasteiger partial charge on any atom is 0.227 e. The van der Waals surface area contributed by atoms with Crippen LogP contribution in [0.25, 0.3) is 11.2 Å². The molecule has 0 radical (unpaired) electrons. The second-order valence-electron chi connectivity index (χ2n) is 7.71. The summed E-state index contributed by atoms with van der Waals surface area (Å²) in [4.78, 5) is 9.24. The molecule has 0 saturated heterocycles. The van der Waals surface area contributed by atoms with Crippen LogP contribution in [0.2, 0.25) is 0 Å². The molecule has 11 nitrogen and oxygen atoms in total. The number of benzene rings is 1. The molecule has 2 aromatic heterocycles. The lowest BCUT2D eigenvalue weighted by Gasteiger charge is -2.26. The van der Waals surface area contributed by atoms with Crippen molar-refractivity contribution in [2.24, 2.45) is 5.73 Å². The summed E-state index contributed by atoms with van der Waals surface area (Å²) in [6.07, 6.45) is 3.88. The number of anilines is 2. The molecule has 4 rings (SSSR count). The van der Waals surface area contributed by atoms with Gasteiger partial charge in [0.25, 0.3) is 0 Å². The van der Waals surface area contributed by atoms with Gasteiger partial charge in [-0.2, -0.15) is 9.97 Å². The quantitative estimate of drug-likeness (QED) is 0.352. The molecule has 6 N–H and O–H groups in total. The van der Waals surface area contributed by atoms with Gasteiger partial charge in [0.2, 0.25) is 11.7 Å². The molecule has 31 heavy (non-hydrogen) atoms. The van der Waals surface area contributed by atoms with Crippen LogP contribution in [0.5, 0.6) is 17.2 Å². The lowest BCUT2D eigenvalue weighted by molar-refractivity contribution is 0.349. The predicted molar refractivity (Wildman–Crippen MR) is 116 cm³/mol. The second-order valence-corrected chi connectivity index (χ2v) is 7.71. The zero-order valence-electron chi connectivity index (χ0n) is 17.7. The molecular weight excluding hydrogens is 400 g/mol. The van der Waals surface area contributed by atoms with Crippen LogP contribution in [0.3, 0.4) is 0 Å². The van der Waals surface area contributed by atoms with Crippen LogP contribution in [0.15, 0.2) is 12.1 Å². The van der Waals surface area contributed by atoms with E-state index in [1.165, 1.54) is 7.11 Å². The van der Waals surface area contributed by atoms with Crippen molar-refractivity contribution in [2.45, 2.75) is 57.8 Å². The minimum Gasteiger partial charge on any atom is -0.504 e. The number of nitrogens with zero attached hydrogens (tertiary/aromatic N) is 5. The van der Waals surface area contributed by atoms with Gasteiger partial charge in [0.05, 0.1) is 7.11 Å². The summed E-state index contributed by atoms with van der Waals surface area (Å²) in [7, 11) is 1.43. The fraction of sp³-hybridized carbons (Fsp3) is 0.500. The van der Waals surface area contributed by atoms with E-state index in [4.69, 9.17) is 10.5 Å². The number of phenolic OH excluding ortho intramolecular Hbond substituents is 2. The first-order valence-corrected chi connectivity index (χ1v) is 10.4. The molecule has 1 saturated carbocycles. The predicted octanol–water partition coefficient (Wildman–Crippen LogP) is 1.95. The van der Waals surface area contributed by atoms with Crippen molar-refractivity contribution in [2.75, 3.05) is 17.7 Å². The van der Waals surface area contributed by atoms with Gasteiger partial charge in [0.15, 0.2) is 28.5 Å². The van der Waals surface area contributed by atoms with Crippen molar-refractivity contribution in [3.05, 3.63) is 17.7 Å². The Bertz CT molecular complexity index is 1060. The summed E-state index contributed by atoms with van der Waals surface area (Å²) in [6, 6.07) is 3.79. The molecule has 0 aliphatic heterocycles. The number of hydrogen-bond acceptors (Lipinski definition) is 10. The summed E-state index contributed by atoms with van der Waals surface area (Å²) in [5.74, 6) is 0.648. The van der Waals surface area contributed by atoms with Crippen LogP contribution >= 0.6 is 0 Å². The number of fused-ring (bicyclic) bond motifs is 1. The molecule has 1 aliphatic carbocycles. The SMILES string of the molecule is CCn1nnc2c(NCc3ccc(OC)c(O)c3O)nc(NC3CCC(N)CC3)nc21. The number of nitrogens with one attached hydrogen (secondary N) is 2.